The minimum absolute atomic E-state index is 0.0147. The van der Waals surface area contributed by atoms with Gasteiger partial charge in [0.15, 0.2) is 0 Å². The number of piperidine rings is 1. The summed E-state index contributed by atoms with van der Waals surface area (Å²) >= 11 is 0. The summed E-state index contributed by atoms with van der Waals surface area (Å²) in [6, 6.07) is 2.04. The van der Waals surface area contributed by atoms with Crippen molar-refractivity contribution in [2.75, 3.05) is 36.4 Å². The van der Waals surface area contributed by atoms with Crippen LogP contribution in [0.15, 0.2) is 6.07 Å². The van der Waals surface area contributed by atoms with Crippen LogP contribution in [0.25, 0.3) is 0 Å². The number of hydrogen-bond acceptors (Lipinski definition) is 5. The molecule has 1 aromatic heterocycles. The van der Waals surface area contributed by atoms with Crippen LogP contribution in [0, 0.1) is 12.8 Å². The first-order chi connectivity index (χ1) is 10.6. The molecule has 1 amide bonds. The number of aryl methyl sites for hydroxylation is 1. The van der Waals surface area contributed by atoms with E-state index in [0.29, 0.717) is 19.0 Å². The lowest BCUT2D eigenvalue weighted by Crippen LogP contribution is -2.32. The van der Waals surface area contributed by atoms with E-state index >= 15 is 0 Å². The Balaban J connectivity index is 1.88. The van der Waals surface area contributed by atoms with E-state index in [1.165, 1.54) is 19.3 Å². The molecule has 1 aliphatic heterocycles. The van der Waals surface area contributed by atoms with Crippen molar-refractivity contribution >= 4 is 17.7 Å². The lowest BCUT2D eigenvalue weighted by Gasteiger charge is -2.28. The van der Waals surface area contributed by atoms with Gasteiger partial charge >= 0.3 is 0 Å². The van der Waals surface area contributed by atoms with Crippen molar-refractivity contribution in [3.8, 4) is 0 Å². The maximum Gasteiger partial charge on any atom is 0.224 e. The Morgan fingerprint density at radius 3 is 2.64 bits per heavy atom. The number of anilines is 2. The predicted octanol–water partition coefficient (Wildman–Crippen LogP) is 1.96. The fourth-order valence-electron chi connectivity index (χ4n) is 2.48. The highest BCUT2D eigenvalue weighted by molar-refractivity contribution is 5.77. The van der Waals surface area contributed by atoms with Gasteiger partial charge in [-0.25, -0.2) is 4.98 Å². The molecule has 1 aliphatic rings. The largest absolute Gasteiger partial charge is 0.356 e. The standard InChI is InChI=1S/C16H27N5O/c1-12(2)15(22)17-7-8-18-16-19-13(3)11-14(20-16)21-9-5-4-6-10-21/h11-12H,4-10H2,1-3H3,(H,17,22)(H,18,19,20). The fourth-order valence-corrected chi connectivity index (χ4v) is 2.48. The molecule has 0 aromatic carbocycles. The molecule has 1 saturated heterocycles. The Bertz CT molecular complexity index is 497. The number of aromatic nitrogens is 2. The van der Waals surface area contributed by atoms with E-state index in [1.54, 1.807) is 0 Å². The van der Waals surface area contributed by atoms with Gasteiger partial charge in [-0.15, -0.1) is 0 Å². The molecule has 1 fully saturated rings. The van der Waals surface area contributed by atoms with E-state index in [1.807, 2.05) is 26.8 Å². The van der Waals surface area contributed by atoms with E-state index < -0.39 is 0 Å². The summed E-state index contributed by atoms with van der Waals surface area (Å²) in [7, 11) is 0. The van der Waals surface area contributed by atoms with Crippen LogP contribution in [0.2, 0.25) is 0 Å². The highest BCUT2D eigenvalue weighted by Gasteiger charge is 2.13. The molecule has 22 heavy (non-hydrogen) atoms. The molecule has 122 valence electrons. The first-order valence-corrected chi connectivity index (χ1v) is 8.18. The monoisotopic (exact) mass is 305 g/mol. The number of hydrogen-bond donors (Lipinski definition) is 2. The maximum atomic E-state index is 11.5. The van der Waals surface area contributed by atoms with Gasteiger partial charge < -0.3 is 15.5 Å². The predicted molar refractivity (Wildman–Crippen MR) is 89.2 cm³/mol. The minimum Gasteiger partial charge on any atom is -0.356 e. The Kier molecular flexibility index (Phi) is 5.98. The van der Waals surface area contributed by atoms with Crippen LogP contribution in [0.5, 0.6) is 0 Å². The second-order valence-corrected chi connectivity index (χ2v) is 6.11. The van der Waals surface area contributed by atoms with Crippen molar-refractivity contribution in [1.82, 2.24) is 15.3 Å². The van der Waals surface area contributed by atoms with Gasteiger partial charge in [0.05, 0.1) is 0 Å². The summed E-state index contributed by atoms with van der Waals surface area (Å²) in [5.74, 6) is 1.72. The van der Waals surface area contributed by atoms with E-state index in [0.717, 1.165) is 24.6 Å². The van der Waals surface area contributed by atoms with Gasteiger partial charge in [-0.1, -0.05) is 13.8 Å². The van der Waals surface area contributed by atoms with Crippen LogP contribution < -0.4 is 15.5 Å². The zero-order valence-corrected chi connectivity index (χ0v) is 13.9. The van der Waals surface area contributed by atoms with Gasteiger partial charge in [0.1, 0.15) is 5.82 Å². The van der Waals surface area contributed by atoms with Gasteiger partial charge in [-0.2, -0.15) is 4.98 Å². The number of nitrogens with one attached hydrogen (secondary N) is 2. The Hall–Kier alpha value is -1.85. The molecule has 0 bridgehead atoms. The topological polar surface area (TPSA) is 70.2 Å². The zero-order chi connectivity index (χ0) is 15.9. The Morgan fingerprint density at radius 2 is 1.95 bits per heavy atom. The lowest BCUT2D eigenvalue weighted by atomic mass is 10.1. The van der Waals surface area contributed by atoms with Gasteiger partial charge in [-0.05, 0) is 26.2 Å². The smallest absolute Gasteiger partial charge is 0.224 e. The van der Waals surface area contributed by atoms with Gasteiger partial charge in [-0.3, -0.25) is 4.79 Å². The molecule has 0 unspecified atom stereocenters. The van der Waals surface area contributed by atoms with Gasteiger partial charge in [0.2, 0.25) is 11.9 Å². The minimum atomic E-state index is 0.0147. The zero-order valence-electron chi connectivity index (χ0n) is 13.9. The van der Waals surface area contributed by atoms with Gasteiger partial charge in [0.25, 0.3) is 0 Å². The first kappa shape index (κ1) is 16.5. The first-order valence-electron chi connectivity index (χ1n) is 8.18. The quantitative estimate of drug-likeness (QED) is 0.786. The van der Waals surface area contributed by atoms with Crippen molar-refractivity contribution in [2.24, 2.45) is 5.92 Å². The van der Waals surface area contributed by atoms with Crippen molar-refractivity contribution in [3.05, 3.63) is 11.8 Å². The van der Waals surface area contributed by atoms with E-state index in [-0.39, 0.29) is 11.8 Å². The molecular formula is C16H27N5O. The van der Waals surface area contributed by atoms with Crippen LogP contribution in [-0.4, -0.2) is 42.1 Å². The van der Waals surface area contributed by atoms with Crippen LogP contribution in [-0.2, 0) is 4.79 Å². The Labute approximate surface area is 132 Å². The number of amides is 1. The van der Waals surface area contributed by atoms with Crippen molar-refractivity contribution in [1.29, 1.82) is 0 Å². The summed E-state index contributed by atoms with van der Waals surface area (Å²) < 4.78 is 0. The molecule has 6 heteroatoms. The molecule has 0 atom stereocenters. The van der Waals surface area contributed by atoms with Crippen molar-refractivity contribution < 1.29 is 4.79 Å². The maximum absolute atomic E-state index is 11.5. The van der Waals surface area contributed by atoms with Crippen LogP contribution in [0.4, 0.5) is 11.8 Å². The summed E-state index contributed by atoms with van der Waals surface area (Å²) in [5, 5.41) is 6.07. The highest BCUT2D eigenvalue weighted by atomic mass is 16.1. The third-order valence-corrected chi connectivity index (χ3v) is 3.75. The molecule has 2 N–H and O–H groups in total. The molecule has 0 aliphatic carbocycles. The molecule has 0 spiro atoms. The third-order valence-electron chi connectivity index (χ3n) is 3.75. The molecule has 6 nitrogen and oxygen atoms in total. The van der Waals surface area contributed by atoms with Crippen molar-refractivity contribution in [3.63, 3.8) is 0 Å². The summed E-state index contributed by atoms with van der Waals surface area (Å²) in [6.07, 6.45) is 3.77. The molecule has 0 saturated carbocycles. The molecular weight excluding hydrogens is 278 g/mol. The normalized spacial score (nSPS) is 15.0. The van der Waals surface area contributed by atoms with Crippen LogP contribution in [0.3, 0.4) is 0 Å². The number of carbonyl (C=O) groups is 1. The number of nitrogens with zero attached hydrogens (tertiary/aromatic N) is 3. The number of carbonyl (C=O) groups excluding carboxylic acids is 1. The lowest BCUT2D eigenvalue weighted by molar-refractivity contribution is -0.123. The second kappa shape index (κ2) is 7.96. The van der Waals surface area contributed by atoms with Crippen LogP contribution >= 0.6 is 0 Å². The summed E-state index contributed by atoms with van der Waals surface area (Å²) in [6.45, 7) is 9.10. The average Bonchev–Trinajstić information content (AvgIpc) is 2.51. The SMILES string of the molecule is Cc1cc(N2CCCCC2)nc(NCCNC(=O)C(C)C)n1. The van der Waals surface area contributed by atoms with E-state index in [9.17, 15) is 4.79 Å². The molecule has 2 heterocycles. The second-order valence-electron chi connectivity index (χ2n) is 6.11. The van der Waals surface area contributed by atoms with Crippen molar-refractivity contribution in [2.45, 2.75) is 40.0 Å². The third kappa shape index (κ3) is 4.86. The Morgan fingerprint density at radius 1 is 1.23 bits per heavy atom. The average molecular weight is 305 g/mol. The highest BCUT2D eigenvalue weighted by Crippen LogP contribution is 2.19. The molecule has 2 rings (SSSR count). The number of rotatable bonds is 6. The molecule has 1 aromatic rings. The fraction of sp³-hybridized carbons (Fsp3) is 0.688. The van der Waals surface area contributed by atoms with Crippen LogP contribution in [0.1, 0.15) is 38.8 Å². The van der Waals surface area contributed by atoms with E-state index in [2.05, 4.69) is 25.5 Å². The van der Waals surface area contributed by atoms with Gasteiger partial charge in [0, 0.05) is 43.9 Å². The van der Waals surface area contributed by atoms with E-state index in [4.69, 9.17) is 0 Å². The molecule has 0 radical (unpaired) electrons. The summed E-state index contributed by atoms with van der Waals surface area (Å²) in [5.41, 5.74) is 0.962. The summed E-state index contributed by atoms with van der Waals surface area (Å²) in [4.78, 5) is 22.8.